The molecule has 0 aliphatic heterocycles. The Morgan fingerprint density at radius 3 is 2.44 bits per heavy atom. The topological polar surface area (TPSA) is 37.8 Å². The molecule has 0 radical (unpaired) electrons. The second-order valence-corrected chi connectivity index (χ2v) is 6.49. The van der Waals surface area contributed by atoms with E-state index in [1.54, 1.807) is 11.3 Å². The van der Waals surface area contributed by atoms with Crippen molar-refractivity contribution in [3.63, 3.8) is 0 Å². The molecule has 0 amide bonds. The van der Waals surface area contributed by atoms with Crippen molar-refractivity contribution in [2.24, 2.45) is 11.3 Å². The van der Waals surface area contributed by atoms with Crippen LogP contribution in [0.2, 0.25) is 0 Å². The van der Waals surface area contributed by atoms with Crippen LogP contribution in [0.25, 0.3) is 0 Å². The van der Waals surface area contributed by atoms with Gasteiger partial charge in [-0.1, -0.05) is 34.6 Å². The Balaban J connectivity index is 2.52. The predicted octanol–water partition coefficient (Wildman–Crippen LogP) is 2.87. The highest BCUT2D eigenvalue weighted by atomic mass is 32.1. The Morgan fingerprint density at radius 1 is 1.25 bits per heavy atom. The lowest BCUT2D eigenvalue weighted by molar-refractivity contribution is 0.259. The molecule has 0 saturated carbocycles. The van der Waals surface area contributed by atoms with E-state index in [1.807, 2.05) is 0 Å². The number of hydrogen-bond donors (Lipinski definition) is 1. The summed E-state index contributed by atoms with van der Waals surface area (Å²) in [5, 5.41) is 14.0. The summed E-state index contributed by atoms with van der Waals surface area (Å²) in [6.07, 6.45) is 1.04. The molecule has 1 aromatic rings. The van der Waals surface area contributed by atoms with Gasteiger partial charge in [-0.15, -0.1) is 21.5 Å². The van der Waals surface area contributed by atoms with Gasteiger partial charge in [0.05, 0.1) is 0 Å². The molecule has 0 aliphatic rings. The average molecular weight is 241 g/mol. The molecule has 0 aliphatic carbocycles. The average Bonchev–Trinajstić information content (AvgIpc) is 2.61. The zero-order chi connectivity index (χ0) is 12.2. The minimum atomic E-state index is 0.341. The molecular weight excluding hydrogens is 218 g/mol. The molecule has 4 heteroatoms. The largest absolute Gasteiger partial charge is 0.311 e. The fraction of sp³-hybridized carbons (Fsp3) is 0.833. The van der Waals surface area contributed by atoms with Gasteiger partial charge in [-0.2, -0.15) is 0 Å². The van der Waals surface area contributed by atoms with Gasteiger partial charge in [0.2, 0.25) is 0 Å². The van der Waals surface area contributed by atoms with E-state index >= 15 is 0 Å². The Hall–Kier alpha value is -0.480. The lowest BCUT2D eigenvalue weighted by Gasteiger charge is -2.26. The molecule has 92 valence electrons. The van der Waals surface area contributed by atoms with Crippen molar-refractivity contribution < 1.29 is 0 Å². The van der Waals surface area contributed by atoms with Crippen molar-refractivity contribution in [2.45, 2.75) is 47.6 Å². The van der Waals surface area contributed by atoms with E-state index < -0.39 is 0 Å². The molecule has 1 unspecified atom stereocenters. The number of aromatic nitrogens is 2. The predicted molar refractivity (Wildman–Crippen MR) is 69.6 cm³/mol. The van der Waals surface area contributed by atoms with E-state index in [4.69, 9.17) is 0 Å². The van der Waals surface area contributed by atoms with Crippen molar-refractivity contribution >= 4 is 11.3 Å². The first-order valence-electron chi connectivity index (χ1n) is 5.95. The maximum absolute atomic E-state index is 4.25. The van der Waals surface area contributed by atoms with Crippen LogP contribution in [0.1, 0.15) is 44.6 Å². The smallest absolute Gasteiger partial charge is 0.131 e. The molecule has 1 N–H and O–H groups in total. The van der Waals surface area contributed by atoms with Gasteiger partial charge in [-0.3, -0.25) is 0 Å². The van der Waals surface area contributed by atoms with Gasteiger partial charge in [-0.25, -0.2) is 0 Å². The SMILES string of the molecule is CCNCc1nnc(CC(C)C(C)(C)C)s1. The molecular formula is C12H23N3S. The third kappa shape index (κ3) is 4.18. The van der Waals surface area contributed by atoms with Crippen LogP contribution in [-0.2, 0) is 13.0 Å². The number of nitrogens with one attached hydrogen (secondary N) is 1. The van der Waals surface area contributed by atoms with E-state index in [0.717, 1.165) is 29.5 Å². The van der Waals surface area contributed by atoms with Crippen LogP contribution in [0, 0.1) is 11.3 Å². The minimum Gasteiger partial charge on any atom is -0.311 e. The monoisotopic (exact) mass is 241 g/mol. The van der Waals surface area contributed by atoms with Gasteiger partial charge in [-0.05, 0) is 17.9 Å². The number of hydrogen-bond acceptors (Lipinski definition) is 4. The molecule has 0 saturated heterocycles. The number of nitrogens with zero attached hydrogens (tertiary/aromatic N) is 2. The minimum absolute atomic E-state index is 0.341. The molecule has 0 fully saturated rings. The quantitative estimate of drug-likeness (QED) is 0.861. The van der Waals surface area contributed by atoms with Crippen molar-refractivity contribution in [1.82, 2.24) is 15.5 Å². The molecule has 16 heavy (non-hydrogen) atoms. The van der Waals surface area contributed by atoms with Gasteiger partial charge < -0.3 is 5.32 Å². The Labute approximate surface area is 103 Å². The van der Waals surface area contributed by atoms with Crippen LogP contribution >= 0.6 is 11.3 Å². The summed E-state index contributed by atoms with van der Waals surface area (Å²) in [5.74, 6) is 0.632. The van der Waals surface area contributed by atoms with Crippen molar-refractivity contribution in [3.05, 3.63) is 10.0 Å². The second-order valence-electron chi connectivity index (χ2n) is 5.34. The van der Waals surface area contributed by atoms with E-state index in [0.29, 0.717) is 11.3 Å². The molecule has 1 heterocycles. The van der Waals surface area contributed by atoms with Gasteiger partial charge in [0.1, 0.15) is 10.0 Å². The summed E-state index contributed by atoms with van der Waals surface area (Å²) in [7, 11) is 0. The first-order chi connectivity index (χ1) is 7.43. The zero-order valence-corrected chi connectivity index (χ0v) is 11.8. The van der Waals surface area contributed by atoms with Crippen molar-refractivity contribution in [3.8, 4) is 0 Å². The van der Waals surface area contributed by atoms with Gasteiger partial charge in [0, 0.05) is 13.0 Å². The molecule has 1 atom stereocenters. The van der Waals surface area contributed by atoms with Crippen LogP contribution in [0.4, 0.5) is 0 Å². The van der Waals surface area contributed by atoms with Crippen LogP contribution in [0.5, 0.6) is 0 Å². The Morgan fingerprint density at radius 2 is 1.88 bits per heavy atom. The lowest BCUT2D eigenvalue weighted by Crippen LogP contribution is -2.19. The van der Waals surface area contributed by atoms with Crippen LogP contribution < -0.4 is 5.32 Å². The van der Waals surface area contributed by atoms with Crippen molar-refractivity contribution in [2.75, 3.05) is 6.54 Å². The summed E-state index contributed by atoms with van der Waals surface area (Å²) in [5.41, 5.74) is 0.341. The maximum atomic E-state index is 4.25. The van der Waals surface area contributed by atoms with E-state index in [9.17, 15) is 0 Å². The highest BCUT2D eigenvalue weighted by Crippen LogP contribution is 2.29. The zero-order valence-electron chi connectivity index (χ0n) is 11.0. The standard InChI is InChI=1S/C12H23N3S/c1-6-13-8-11-15-14-10(16-11)7-9(2)12(3,4)5/h9,13H,6-8H2,1-5H3. The molecule has 1 aromatic heterocycles. The van der Waals surface area contributed by atoms with Crippen LogP contribution in [0.3, 0.4) is 0 Å². The summed E-state index contributed by atoms with van der Waals surface area (Å²) in [4.78, 5) is 0. The summed E-state index contributed by atoms with van der Waals surface area (Å²) in [6, 6.07) is 0. The van der Waals surface area contributed by atoms with Crippen LogP contribution in [0.15, 0.2) is 0 Å². The lowest BCUT2D eigenvalue weighted by atomic mass is 9.80. The van der Waals surface area contributed by atoms with Crippen molar-refractivity contribution in [1.29, 1.82) is 0 Å². The molecule has 0 bridgehead atoms. The highest BCUT2D eigenvalue weighted by Gasteiger charge is 2.21. The fourth-order valence-corrected chi connectivity index (χ4v) is 2.19. The molecule has 0 aromatic carbocycles. The Kier molecular flexibility index (Phi) is 4.87. The van der Waals surface area contributed by atoms with Gasteiger partial charge >= 0.3 is 0 Å². The van der Waals surface area contributed by atoms with Crippen LogP contribution in [-0.4, -0.2) is 16.7 Å². The first kappa shape index (κ1) is 13.6. The van der Waals surface area contributed by atoms with E-state index in [1.165, 1.54) is 0 Å². The van der Waals surface area contributed by atoms with Gasteiger partial charge in [0.25, 0.3) is 0 Å². The third-order valence-electron chi connectivity index (χ3n) is 2.99. The highest BCUT2D eigenvalue weighted by molar-refractivity contribution is 7.11. The molecule has 1 rings (SSSR count). The first-order valence-corrected chi connectivity index (χ1v) is 6.77. The van der Waals surface area contributed by atoms with E-state index in [-0.39, 0.29) is 0 Å². The summed E-state index contributed by atoms with van der Waals surface area (Å²) in [6.45, 7) is 13.0. The normalized spacial score (nSPS) is 14.1. The molecule has 3 nitrogen and oxygen atoms in total. The Bertz CT molecular complexity index is 314. The maximum Gasteiger partial charge on any atom is 0.131 e. The third-order valence-corrected chi connectivity index (χ3v) is 3.94. The second kappa shape index (κ2) is 5.73. The summed E-state index contributed by atoms with van der Waals surface area (Å²) < 4.78 is 0. The summed E-state index contributed by atoms with van der Waals surface area (Å²) >= 11 is 1.73. The molecule has 0 spiro atoms. The number of rotatable bonds is 5. The van der Waals surface area contributed by atoms with E-state index in [2.05, 4.69) is 50.1 Å². The van der Waals surface area contributed by atoms with Gasteiger partial charge in [0.15, 0.2) is 0 Å². The fourth-order valence-electron chi connectivity index (χ4n) is 1.24.